The van der Waals surface area contributed by atoms with E-state index in [1.165, 1.54) is 54.4 Å². The summed E-state index contributed by atoms with van der Waals surface area (Å²) in [7, 11) is 4.70. The van der Waals surface area contributed by atoms with Crippen molar-refractivity contribution in [1.29, 1.82) is 0 Å². The Morgan fingerprint density at radius 1 is 0.986 bits per heavy atom. The van der Waals surface area contributed by atoms with E-state index >= 15 is 0 Å². The van der Waals surface area contributed by atoms with Gasteiger partial charge in [0, 0.05) is 58.5 Å². The average Bonchev–Trinajstić information content (AvgIpc) is 3.34. The van der Waals surface area contributed by atoms with Crippen molar-refractivity contribution < 1.29 is 67.6 Å². The highest BCUT2D eigenvalue weighted by Crippen LogP contribution is 2.44. The molecule has 1 aromatic carbocycles. The SMILES string of the molecule is CCCNC[C@]1(O)[C@H](C)O[C@@H](O[C@H]2[C@H](C)[C@@H](O[C@@H]3O[C@H](C)C[C@H](N(C)C(=O)N(C)c4ncccn4)[C@H]3Oc3ccc(F)cc3C)[C@](C)(O)C[C@@H](C)CN[C@H](C)[C@@H](O)[C@](C)(O)[C@@H](CC)OC(=O)[C@@H]2C)C[C@@]1(C)OC. The van der Waals surface area contributed by atoms with Crippen LogP contribution in [0.5, 0.6) is 5.75 Å². The van der Waals surface area contributed by atoms with E-state index in [0.717, 1.165) is 6.42 Å². The van der Waals surface area contributed by atoms with Crippen molar-refractivity contribution in [2.75, 3.05) is 45.7 Å². The highest BCUT2D eigenvalue weighted by molar-refractivity contribution is 5.89. The molecule has 18 atom stereocenters. The largest absolute Gasteiger partial charge is 0.483 e. The van der Waals surface area contributed by atoms with Crippen LogP contribution in [0.4, 0.5) is 15.1 Å². The first kappa shape index (κ1) is 60.2. The Morgan fingerprint density at radius 2 is 1.66 bits per heavy atom. The van der Waals surface area contributed by atoms with E-state index in [0.29, 0.717) is 17.9 Å². The molecule has 3 aliphatic rings. The van der Waals surface area contributed by atoms with Gasteiger partial charge in [0.15, 0.2) is 18.7 Å². The Bertz CT molecular complexity index is 2100. The number of aromatic nitrogens is 2. The summed E-state index contributed by atoms with van der Waals surface area (Å²) in [4.78, 5) is 40.5. The Morgan fingerprint density at radius 3 is 2.27 bits per heavy atom. The van der Waals surface area contributed by atoms with Crippen LogP contribution in [0.25, 0.3) is 0 Å². The number of cyclic esters (lactones) is 1. The molecule has 19 nitrogen and oxygen atoms in total. The van der Waals surface area contributed by atoms with Crippen LogP contribution in [-0.2, 0) is 33.2 Å². The number of nitrogens with zero attached hydrogens (tertiary/aromatic N) is 4. The lowest BCUT2D eigenvalue weighted by molar-refractivity contribution is -0.335. The molecule has 3 saturated heterocycles. The lowest BCUT2D eigenvalue weighted by Crippen LogP contribution is -2.70. The molecule has 0 spiro atoms. The van der Waals surface area contributed by atoms with E-state index in [2.05, 4.69) is 20.6 Å². The smallest absolute Gasteiger partial charge is 0.326 e. The van der Waals surface area contributed by atoms with Gasteiger partial charge in [0.2, 0.25) is 5.95 Å². The average molecular weight is 1040 g/mol. The van der Waals surface area contributed by atoms with Gasteiger partial charge in [0.25, 0.3) is 0 Å². The molecule has 3 fully saturated rings. The zero-order valence-corrected chi connectivity index (χ0v) is 45.8. The zero-order valence-electron chi connectivity index (χ0n) is 45.8. The molecule has 2 aromatic rings. The van der Waals surface area contributed by atoms with Gasteiger partial charge in [0.05, 0.1) is 42.0 Å². The van der Waals surface area contributed by atoms with Gasteiger partial charge in [-0.15, -0.1) is 0 Å². The maximum Gasteiger partial charge on any atom is 0.326 e. The first-order valence-corrected chi connectivity index (χ1v) is 26.0. The number of esters is 1. The van der Waals surface area contributed by atoms with Crippen molar-refractivity contribution in [3.63, 3.8) is 0 Å². The van der Waals surface area contributed by atoms with Crippen molar-refractivity contribution in [2.45, 2.75) is 205 Å². The molecular weight excluding hydrogens is 948 g/mol. The van der Waals surface area contributed by atoms with Crippen molar-refractivity contribution in [3.8, 4) is 5.75 Å². The number of hydrogen-bond acceptors (Lipinski definition) is 17. The number of aliphatic hydroxyl groups excluding tert-OH is 1. The van der Waals surface area contributed by atoms with Crippen LogP contribution >= 0.6 is 0 Å². The number of carbonyl (C=O) groups excluding carboxylic acids is 2. The zero-order chi connectivity index (χ0) is 54.4. The molecule has 20 heteroatoms. The molecule has 0 saturated carbocycles. The number of aliphatic hydroxyl groups is 4. The fraction of sp³-hybridized carbons (Fsp3) is 0.774. The van der Waals surface area contributed by atoms with Crippen molar-refractivity contribution in [1.82, 2.24) is 25.5 Å². The van der Waals surface area contributed by atoms with Crippen LogP contribution in [0.3, 0.4) is 0 Å². The highest BCUT2D eigenvalue weighted by atomic mass is 19.1. The first-order chi connectivity index (χ1) is 34.2. The molecule has 0 radical (unpaired) electrons. The fourth-order valence-electron chi connectivity index (χ4n) is 11.0. The summed E-state index contributed by atoms with van der Waals surface area (Å²) in [5, 5.41) is 55.5. The molecule has 1 aromatic heterocycles. The predicted octanol–water partition coefficient (Wildman–Crippen LogP) is 4.88. The van der Waals surface area contributed by atoms with Crippen molar-refractivity contribution in [3.05, 3.63) is 48.0 Å². The highest BCUT2D eigenvalue weighted by Gasteiger charge is 2.58. The van der Waals surface area contributed by atoms with Gasteiger partial charge in [-0.25, -0.2) is 19.2 Å². The summed E-state index contributed by atoms with van der Waals surface area (Å²) in [6.07, 6.45) is -5.44. The maximum absolute atomic E-state index is 14.7. The lowest BCUT2D eigenvalue weighted by Gasteiger charge is -2.53. The topological polar surface area (TPSA) is 236 Å². The van der Waals surface area contributed by atoms with Crippen LogP contribution < -0.4 is 20.3 Å². The molecule has 73 heavy (non-hydrogen) atoms. The number of nitrogens with one attached hydrogen (secondary N) is 2. The van der Waals surface area contributed by atoms with Gasteiger partial charge in [-0.05, 0) is 130 Å². The number of ether oxygens (including phenoxy) is 7. The van der Waals surface area contributed by atoms with E-state index in [4.69, 9.17) is 33.2 Å². The molecule has 414 valence electrons. The summed E-state index contributed by atoms with van der Waals surface area (Å²) in [6, 6.07) is 3.84. The number of hydrogen-bond donors (Lipinski definition) is 6. The van der Waals surface area contributed by atoms with Gasteiger partial charge < -0.3 is 69.1 Å². The predicted molar refractivity (Wildman–Crippen MR) is 271 cm³/mol. The number of amides is 2. The number of anilines is 1. The van der Waals surface area contributed by atoms with E-state index in [-0.39, 0.29) is 50.6 Å². The van der Waals surface area contributed by atoms with Crippen molar-refractivity contribution in [2.24, 2.45) is 17.8 Å². The quantitative estimate of drug-likeness (QED) is 0.109. The summed E-state index contributed by atoms with van der Waals surface area (Å²) in [5.41, 5.74) is -5.90. The minimum atomic E-state index is -1.89. The number of carbonyl (C=O) groups is 2. The maximum atomic E-state index is 14.7. The Kier molecular flexibility index (Phi) is 20.6. The molecule has 3 aliphatic heterocycles. The third kappa shape index (κ3) is 13.7. The van der Waals surface area contributed by atoms with Gasteiger partial charge >= 0.3 is 12.0 Å². The van der Waals surface area contributed by atoms with E-state index in [1.54, 1.807) is 75.6 Å². The van der Waals surface area contributed by atoms with Crippen LogP contribution in [0, 0.1) is 30.5 Å². The van der Waals surface area contributed by atoms with E-state index in [1.807, 2.05) is 20.8 Å². The summed E-state index contributed by atoms with van der Waals surface area (Å²) in [5.74, 6) is -3.13. The first-order valence-electron chi connectivity index (χ1n) is 26.0. The minimum Gasteiger partial charge on any atom is -0.483 e. The molecule has 4 heterocycles. The number of likely N-dealkylation sites (N-methyl/N-ethyl adjacent to an activating group) is 1. The van der Waals surface area contributed by atoms with Gasteiger partial charge in [-0.1, -0.05) is 27.7 Å². The van der Waals surface area contributed by atoms with Crippen LogP contribution in [0.1, 0.15) is 114 Å². The number of halogens is 1. The Hall–Kier alpha value is -3.67. The minimum absolute atomic E-state index is 0.0187. The summed E-state index contributed by atoms with van der Waals surface area (Å²) >= 11 is 0. The van der Waals surface area contributed by atoms with Crippen LogP contribution in [-0.4, -0.2) is 178 Å². The second-order valence-corrected chi connectivity index (χ2v) is 21.7. The second kappa shape index (κ2) is 25.0. The van der Waals surface area contributed by atoms with E-state index < -0.39 is 119 Å². The van der Waals surface area contributed by atoms with Gasteiger partial charge in [-0.3, -0.25) is 9.69 Å². The number of methoxy groups -OCH3 is 1. The molecule has 2 amide bonds. The third-order valence-electron chi connectivity index (χ3n) is 15.7. The normalized spacial score (nSPS) is 39.2. The van der Waals surface area contributed by atoms with Gasteiger partial charge in [0.1, 0.15) is 40.6 Å². The third-order valence-corrected chi connectivity index (χ3v) is 15.7. The van der Waals surface area contributed by atoms with Crippen LogP contribution in [0.15, 0.2) is 36.7 Å². The second-order valence-electron chi connectivity index (χ2n) is 21.7. The number of urea groups is 1. The van der Waals surface area contributed by atoms with Crippen LogP contribution in [0.2, 0.25) is 0 Å². The molecule has 5 rings (SSSR count). The lowest BCUT2D eigenvalue weighted by atomic mass is 9.75. The molecule has 0 aliphatic carbocycles. The standard InChI is InChI=1S/C53H87FN6O13/c1-16-21-55-29-53(66)36(9)69-41(27-51(53,11)67-15)72-42-33(6)45(50(10,64)26-30(3)28-58-35(8)44(61)52(12,65)40(17-2)71-46(62)34(42)7)73-47-43(70-39-20-19-37(54)24-31(39)4)38(25-32(5)68-47)59(13)49(63)60(14)48-56-22-18-23-57-48/h18-20,22-24,30,32-36,38,40-45,47,55,58,61,64-66H,16-17,21,25-29H2,1-15H3/t30-,32-,33+,34-,35-,36+,38+,40-,41+,42+,43-,44-,45-,47+,50-,51-,52-,53+/m1/s1. The number of aryl methyl sites for hydroxylation is 1. The van der Waals surface area contributed by atoms with Gasteiger partial charge in [-0.2, -0.15) is 0 Å². The number of rotatable bonds is 14. The summed E-state index contributed by atoms with van der Waals surface area (Å²) in [6.45, 7) is 22.1. The van der Waals surface area contributed by atoms with E-state index in [9.17, 15) is 34.4 Å². The molecule has 0 unspecified atom stereocenters. The monoisotopic (exact) mass is 1030 g/mol. The Labute approximate surface area is 432 Å². The molecule has 0 bridgehead atoms. The molecule has 6 N–H and O–H groups in total. The fourth-order valence-corrected chi connectivity index (χ4v) is 11.0. The molecular formula is C53H87FN6O13. The Balaban J connectivity index is 1.66. The van der Waals surface area contributed by atoms with Crippen molar-refractivity contribution >= 4 is 17.9 Å². The summed E-state index contributed by atoms with van der Waals surface area (Å²) < 4.78 is 61.1. The number of benzene rings is 1.